The summed E-state index contributed by atoms with van der Waals surface area (Å²) in [5.41, 5.74) is -0.0908. The number of likely N-dealkylation sites (tertiary alicyclic amines) is 1. The van der Waals surface area contributed by atoms with Crippen molar-refractivity contribution in [2.45, 2.75) is 64.3 Å². The molecule has 1 amide bonds. The SMILES string of the molecule is CC1(C(=O)N2CCCC2C2CCCC2)CCNCC1. The highest BCUT2D eigenvalue weighted by Gasteiger charge is 2.43. The van der Waals surface area contributed by atoms with Gasteiger partial charge in [0.05, 0.1) is 0 Å². The molecule has 0 radical (unpaired) electrons. The second-order valence-electron chi connectivity index (χ2n) is 7.06. The maximum atomic E-state index is 13.0. The van der Waals surface area contributed by atoms with Crippen molar-refractivity contribution in [1.82, 2.24) is 10.2 Å². The summed E-state index contributed by atoms with van der Waals surface area (Å²) in [6, 6.07) is 0.571. The Morgan fingerprint density at radius 1 is 1.11 bits per heavy atom. The highest BCUT2D eigenvalue weighted by Crippen LogP contribution is 2.39. The van der Waals surface area contributed by atoms with E-state index in [9.17, 15) is 4.79 Å². The van der Waals surface area contributed by atoms with Crippen LogP contribution in [0.25, 0.3) is 0 Å². The molecule has 3 heteroatoms. The fourth-order valence-corrected chi connectivity index (χ4v) is 4.42. The van der Waals surface area contributed by atoms with Crippen molar-refractivity contribution < 1.29 is 4.79 Å². The smallest absolute Gasteiger partial charge is 0.228 e. The molecule has 2 heterocycles. The van der Waals surface area contributed by atoms with Crippen LogP contribution in [0.2, 0.25) is 0 Å². The van der Waals surface area contributed by atoms with Crippen molar-refractivity contribution in [2.75, 3.05) is 19.6 Å². The van der Waals surface area contributed by atoms with Gasteiger partial charge in [0.1, 0.15) is 0 Å². The lowest BCUT2D eigenvalue weighted by Gasteiger charge is -2.39. The van der Waals surface area contributed by atoms with E-state index in [1.54, 1.807) is 0 Å². The quantitative estimate of drug-likeness (QED) is 0.831. The van der Waals surface area contributed by atoms with Crippen molar-refractivity contribution in [1.29, 1.82) is 0 Å². The van der Waals surface area contributed by atoms with Crippen LogP contribution in [0, 0.1) is 11.3 Å². The zero-order valence-corrected chi connectivity index (χ0v) is 12.3. The average molecular weight is 264 g/mol. The van der Waals surface area contributed by atoms with Crippen molar-refractivity contribution in [3.63, 3.8) is 0 Å². The molecule has 3 rings (SSSR count). The van der Waals surface area contributed by atoms with Crippen LogP contribution < -0.4 is 5.32 Å². The van der Waals surface area contributed by atoms with Crippen molar-refractivity contribution in [3.8, 4) is 0 Å². The summed E-state index contributed by atoms with van der Waals surface area (Å²) in [6.07, 6.45) is 9.97. The van der Waals surface area contributed by atoms with Gasteiger partial charge in [0.2, 0.25) is 5.91 Å². The molecule has 1 atom stereocenters. The molecule has 1 unspecified atom stereocenters. The van der Waals surface area contributed by atoms with Gasteiger partial charge in [0, 0.05) is 18.0 Å². The van der Waals surface area contributed by atoms with Gasteiger partial charge in [0.15, 0.2) is 0 Å². The van der Waals surface area contributed by atoms with E-state index >= 15 is 0 Å². The maximum absolute atomic E-state index is 13.0. The van der Waals surface area contributed by atoms with Crippen LogP contribution in [-0.2, 0) is 4.79 Å². The first-order valence-corrected chi connectivity index (χ1v) is 8.22. The van der Waals surface area contributed by atoms with E-state index in [0.29, 0.717) is 11.9 Å². The van der Waals surface area contributed by atoms with E-state index in [-0.39, 0.29) is 5.41 Å². The second-order valence-corrected chi connectivity index (χ2v) is 7.06. The van der Waals surface area contributed by atoms with Crippen molar-refractivity contribution in [3.05, 3.63) is 0 Å². The van der Waals surface area contributed by atoms with Gasteiger partial charge >= 0.3 is 0 Å². The Morgan fingerprint density at radius 2 is 1.79 bits per heavy atom. The molecule has 1 aliphatic carbocycles. The van der Waals surface area contributed by atoms with Gasteiger partial charge in [0.25, 0.3) is 0 Å². The fraction of sp³-hybridized carbons (Fsp3) is 0.938. The monoisotopic (exact) mass is 264 g/mol. The van der Waals surface area contributed by atoms with E-state index < -0.39 is 0 Å². The Morgan fingerprint density at radius 3 is 2.47 bits per heavy atom. The zero-order valence-electron chi connectivity index (χ0n) is 12.3. The van der Waals surface area contributed by atoms with Gasteiger partial charge in [-0.25, -0.2) is 0 Å². The number of piperidine rings is 1. The molecule has 3 nitrogen and oxygen atoms in total. The molecule has 108 valence electrons. The Kier molecular flexibility index (Phi) is 3.84. The van der Waals surface area contributed by atoms with Crippen molar-refractivity contribution in [2.24, 2.45) is 11.3 Å². The maximum Gasteiger partial charge on any atom is 0.228 e. The summed E-state index contributed by atoms with van der Waals surface area (Å²) in [7, 11) is 0. The highest BCUT2D eigenvalue weighted by molar-refractivity contribution is 5.83. The Bertz CT molecular complexity index is 330. The van der Waals surface area contributed by atoms with E-state index in [0.717, 1.165) is 38.4 Å². The first-order chi connectivity index (χ1) is 9.21. The van der Waals surface area contributed by atoms with Crippen LogP contribution in [-0.4, -0.2) is 36.5 Å². The minimum atomic E-state index is -0.0908. The second kappa shape index (κ2) is 5.43. The van der Waals surface area contributed by atoms with Gasteiger partial charge in [-0.3, -0.25) is 4.79 Å². The summed E-state index contributed by atoms with van der Waals surface area (Å²) >= 11 is 0. The van der Waals surface area contributed by atoms with Crippen LogP contribution in [0.1, 0.15) is 58.3 Å². The summed E-state index contributed by atoms with van der Waals surface area (Å²) in [4.78, 5) is 15.3. The normalized spacial score (nSPS) is 31.8. The molecule has 1 N–H and O–H groups in total. The van der Waals surface area contributed by atoms with Crippen molar-refractivity contribution >= 4 is 5.91 Å². The summed E-state index contributed by atoms with van der Waals surface area (Å²) in [5.74, 6) is 1.26. The largest absolute Gasteiger partial charge is 0.339 e. The lowest BCUT2D eigenvalue weighted by atomic mass is 9.79. The number of nitrogens with zero attached hydrogens (tertiary/aromatic N) is 1. The first-order valence-electron chi connectivity index (χ1n) is 8.22. The molecule has 19 heavy (non-hydrogen) atoms. The zero-order chi connectivity index (χ0) is 13.3. The lowest BCUT2D eigenvalue weighted by Crippen LogP contribution is -2.50. The third-order valence-electron chi connectivity index (χ3n) is 5.73. The average Bonchev–Trinajstić information content (AvgIpc) is 3.09. The Hall–Kier alpha value is -0.570. The molecule has 0 spiro atoms. The molecule has 0 aromatic carbocycles. The van der Waals surface area contributed by atoms with Gasteiger partial charge in [-0.1, -0.05) is 19.8 Å². The predicted octanol–water partition coefficient (Wildman–Crippen LogP) is 2.56. The minimum absolute atomic E-state index is 0.0908. The van der Waals surface area contributed by atoms with Crippen LogP contribution in [0.3, 0.4) is 0 Å². The van der Waals surface area contributed by atoms with Gasteiger partial charge in [-0.2, -0.15) is 0 Å². The molecule has 0 bridgehead atoms. The molecule has 0 aromatic rings. The lowest BCUT2D eigenvalue weighted by molar-refractivity contribution is -0.144. The molecule has 1 saturated carbocycles. The summed E-state index contributed by atoms with van der Waals surface area (Å²) < 4.78 is 0. The van der Waals surface area contributed by atoms with E-state index in [1.807, 2.05) is 0 Å². The van der Waals surface area contributed by atoms with Crippen LogP contribution >= 0.6 is 0 Å². The number of carbonyl (C=O) groups is 1. The van der Waals surface area contributed by atoms with E-state index in [1.165, 1.54) is 38.5 Å². The molecule has 2 saturated heterocycles. The third kappa shape index (κ3) is 2.54. The molecule has 3 aliphatic rings. The summed E-state index contributed by atoms with van der Waals surface area (Å²) in [6.45, 7) is 5.22. The number of carbonyl (C=O) groups excluding carboxylic acids is 1. The highest BCUT2D eigenvalue weighted by atomic mass is 16.2. The van der Waals surface area contributed by atoms with E-state index in [2.05, 4.69) is 17.1 Å². The molecular weight excluding hydrogens is 236 g/mol. The summed E-state index contributed by atoms with van der Waals surface area (Å²) in [5, 5.41) is 3.38. The minimum Gasteiger partial charge on any atom is -0.339 e. The van der Waals surface area contributed by atoms with Gasteiger partial charge in [-0.05, 0) is 57.5 Å². The topological polar surface area (TPSA) is 32.3 Å². The van der Waals surface area contributed by atoms with Crippen LogP contribution in [0.5, 0.6) is 0 Å². The molecular formula is C16H28N2O. The number of hydrogen-bond donors (Lipinski definition) is 1. The van der Waals surface area contributed by atoms with Crippen LogP contribution in [0.15, 0.2) is 0 Å². The standard InChI is InChI=1S/C16H28N2O/c1-16(8-10-17-11-9-16)15(19)18-12-4-7-14(18)13-5-2-3-6-13/h13-14,17H,2-12H2,1H3. The number of hydrogen-bond acceptors (Lipinski definition) is 2. The molecule has 3 fully saturated rings. The van der Waals surface area contributed by atoms with E-state index in [4.69, 9.17) is 0 Å². The number of rotatable bonds is 2. The number of nitrogens with one attached hydrogen (secondary N) is 1. The Balaban J connectivity index is 1.70. The van der Waals surface area contributed by atoms with Gasteiger partial charge < -0.3 is 10.2 Å². The molecule has 0 aromatic heterocycles. The van der Waals surface area contributed by atoms with Crippen LogP contribution in [0.4, 0.5) is 0 Å². The predicted molar refractivity (Wildman–Crippen MR) is 76.9 cm³/mol. The molecule has 2 aliphatic heterocycles. The third-order valence-corrected chi connectivity index (χ3v) is 5.73. The Labute approximate surface area is 117 Å². The number of amides is 1. The fourth-order valence-electron chi connectivity index (χ4n) is 4.42. The first kappa shape index (κ1) is 13.4. The van der Waals surface area contributed by atoms with Gasteiger partial charge in [-0.15, -0.1) is 0 Å².